The van der Waals surface area contributed by atoms with Crippen LogP contribution in [0.25, 0.3) is 0 Å². The van der Waals surface area contributed by atoms with Crippen molar-refractivity contribution in [2.45, 2.75) is 207 Å². The van der Waals surface area contributed by atoms with Gasteiger partial charge < -0.3 is 32.2 Å². The Morgan fingerprint density at radius 2 is 1.11 bits per heavy atom. The summed E-state index contributed by atoms with van der Waals surface area (Å²) < 4.78 is 47.6. The molecule has 452 valence electrons. The van der Waals surface area contributed by atoms with Crippen LogP contribution in [-0.4, -0.2) is 75.5 Å². The van der Waals surface area contributed by atoms with E-state index in [0.717, 1.165) is 40.8 Å². The van der Waals surface area contributed by atoms with Crippen LogP contribution < -0.4 is 4.74 Å². The summed E-state index contributed by atoms with van der Waals surface area (Å²) in [6, 6.07) is 39.5. The smallest absolute Gasteiger partial charge is 0.192 e. The van der Waals surface area contributed by atoms with Crippen LogP contribution in [0.1, 0.15) is 145 Å². The molecule has 1 unspecified atom stereocenters. The predicted molar refractivity (Wildman–Crippen MR) is 350 cm³/mol. The maximum absolute atomic E-state index is 13.8. The molecule has 0 aliphatic carbocycles. The minimum atomic E-state index is -2.29. The average Bonchev–Trinajstić information content (AvgIpc) is 3.58. The molecule has 1 aliphatic rings. The van der Waals surface area contributed by atoms with E-state index < -0.39 is 36.8 Å². The predicted octanol–water partition coefficient (Wildman–Crippen LogP) is 18.9. The van der Waals surface area contributed by atoms with E-state index in [-0.39, 0.29) is 74.9 Å². The van der Waals surface area contributed by atoms with Crippen molar-refractivity contribution in [1.82, 2.24) is 0 Å². The van der Waals surface area contributed by atoms with Gasteiger partial charge in [-0.2, -0.15) is 0 Å². The molecule has 0 N–H and O–H groups in total. The van der Waals surface area contributed by atoms with Crippen molar-refractivity contribution < 1.29 is 37.0 Å². The van der Waals surface area contributed by atoms with Crippen molar-refractivity contribution in [2.24, 2.45) is 29.6 Å². The van der Waals surface area contributed by atoms with Gasteiger partial charge in [-0.25, -0.2) is 0 Å². The zero-order valence-electron chi connectivity index (χ0n) is 54.5. The van der Waals surface area contributed by atoms with E-state index in [4.69, 9.17) is 32.2 Å². The number of carbonyl (C=O) groups excluding carboxylic acids is 1. The Morgan fingerprint density at radius 3 is 1.60 bits per heavy atom. The summed E-state index contributed by atoms with van der Waals surface area (Å²) in [5.41, 5.74) is 3.33. The lowest BCUT2D eigenvalue weighted by Gasteiger charge is -2.43. The van der Waals surface area contributed by atoms with E-state index in [2.05, 4.69) is 251 Å². The zero-order valence-corrected chi connectivity index (χ0v) is 57.5. The molecule has 0 radical (unpaired) electrons. The molecule has 0 spiro atoms. The fourth-order valence-electron chi connectivity index (χ4n) is 10.1. The van der Waals surface area contributed by atoms with E-state index in [0.29, 0.717) is 19.6 Å². The summed E-state index contributed by atoms with van der Waals surface area (Å²) >= 11 is 0. The average molecular weight is 1170 g/mol. The number of allylic oxidation sites excluding steroid dienone is 2. The molecule has 11 heteroatoms. The molecular weight excluding hydrogens is 1070 g/mol. The van der Waals surface area contributed by atoms with Gasteiger partial charge in [0, 0.05) is 23.8 Å². The number of hydrogen-bond acceptors (Lipinski definition) is 8. The van der Waals surface area contributed by atoms with Crippen LogP contribution in [-0.2, 0) is 37.9 Å². The minimum Gasteiger partial charge on any atom is -0.497 e. The number of methoxy groups -OCH3 is 1. The van der Waals surface area contributed by atoms with Crippen molar-refractivity contribution in [3.63, 3.8) is 0 Å². The van der Waals surface area contributed by atoms with Gasteiger partial charge in [-0.3, -0.25) is 4.79 Å². The van der Waals surface area contributed by atoms with Crippen LogP contribution in [0.2, 0.25) is 54.4 Å². The summed E-state index contributed by atoms with van der Waals surface area (Å²) in [4.78, 5) is 13.8. The van der Waals surface area contributed by atoms with Gasteiger partial charge in [0.2, 0.25) is 0 Å². The normalized spacial score (nSPS) is 19.9. The molecule has 10 atom stereocenters. The number of hydrogen-bond donors (Lipinski definition) is 0. The van der Waals surface area contributed by atoms with Crippen LogP contribution >= 0.6 is 0 Å². The zero-order chi connectivity index (χ0) is 60.9. The molecule has 1 fully saturated rings. The van der Waals surface area contributed by atoms with Crippen molar-refractivity contribution in [3.8, 4) is 5.75 Å². The van der Waals surface area contributed by atoms with Gasteiger partial charge in [-0.1, -0.05) is 230 Å². The highest BCUT2D eigenvalue weighted by atomic mass is 28.4. The Bertz CT molecular complexity index is 2530. The second-order valence-corrected chi connectivity index (χ2v) is 42.5. The quantitative estimate of drug-likeness (QED) is 0.0241. The van der Waals surface area contributed by atoms with Gasteiger partial charge in [-0.15, -0.1) is 0 Å². The minimum absolute atomic E-state index is 0.00291. The first kappa shape index (κ1) is 68.8. The Morgan fingerprint density at radius 1 is 0.622 bits per heavy atom. The third-order valence-corrected chi connectivity index (χ3v) is 32.1. The summed E-state index contributed by atoms with van der Waals surface area (Å²) in [5, 5.41) is 0.0242. The van der Waals surface area contributed by atoms with Crippen LogP contribution in [0, 0.1) is 29.6 Å². The van der Waals surface area contributed by atoms with Gasteiger partial charge in [0.15, 0.2) is 37.0 Å². The Labute approximate surface area is 501 Å². The molecule has 0 amide bonds. The second-order valence-electron chi connectivity index (χ2n) is 28.2. The molecule has 4 aromatic carbocycles. The standard InChI is InChI=1S/C71H108O8Si3/c1-52(35-33-49-75-71(58-36-25-22-26-37-58,59-38-27-23-28-39-59)60-40-29-24-30-41-60)64(78-81(18,19)69(9,10)11)50-62(77-80(16,17)68(6,7)8)46-43-54(3)65(79-82(20,21)70(12,13)14)53(2)34-31-32-42-63(72)56(5)66-55(4)51-74-67(76-66)57-44-47-61(73-15)48-45-57/h22-30,32-33,35-48,52-56,62,64-67H,31,34,49-51H2,1-21H3/t52-,53+,54+,55+,56+,62-,64+,65-,66+,67?/m1/s1. The highest BCUT2D eigenvalue weighted by Gasteiger charge is 2.45. The van der Waals surface area contributed by atoms with Crippen molar-refractivity contribution in [1.29, 1.82) is 0 Å². The first-order chi connectivity index (χ1) is 38.2. The number of rotatable bonds is 28. The highest BCUT2D eigenvalue weighted by molar-refractivity contribution is 6.75. The second kappa shape index (κ2) is 29.4. The van der Waals surface area contributed by atoms with Gasteiger partial charge in [-0.05, 0) is 120 Å². The van der Waals surface area contributed by atoms with E-state index >= 15 is 0 Å². The molecule has 0 bridgehead atoms. The van der Waals surface area contributed by atoms with E-state index in [1.807, 2.05) is 31.2 Å². The maximum atomic E-state index is 13.8. The molecule has 4 aromatic rings. The highest BCUT2D eigenvalue weighted by Crippen LogP contribution is 2.44. The van der Waals surface area contributed by atoms with Crippen molar-refractivity contribution in [2.75, 3.05) is 20.3 Å². The molecule has 0 saturated carbocycles. The van der Waals surface area contributed by atoms with Gasteiger partial charge in [0.1, 0.15) is 11.4 Å². The molecule has 1 aliphatic heterocycles. The van der Waals surface area contributed by atoms with Crippen molar-refractivity contribution in [3.05, 3.63) is 174 Å². The lowest BCUT2D eigenvalue weighted by molar-refractivity contribution is -0.247. The topological polar surface area (TPSA) is 81.7 Å². The third-order valence-electron chi connectivity index (χ3n) is 18.6. The molecule has 5 rings (SSSR count). The summed E-state index contributed by atoms with van der Waals surface area (Å²) in [5.74, 6) is 0.944. The summed E-state index contributed by atoms with van der Waals surface area (Å²) in [7, 11) is -5.13. The van der Waals surface area contributed by atoms with Crippen LogP contribution in [0.3, 0.4) is 0 Å². The van der Waals surface area contributed by atoms with Gasteiger partial charge in [0.25, 0.3) is 0 Å². The summed E-state index contributed by atoms with van der Waals surface area (Å²) in [6.45, 7) is 47.0. The lowest BCUT2D eigenvalue weighted by Crippen LogP contribution is -2.48. The van der Waals surface area contributed by atoms with E-state index in [1.165, 1.54) is 0 Å². The Kier molecular flexibility index (Phi) is 24.6. The Balaban J connectivity index is 1.41. The number of carbonyl (C=O) groups is 1. The molecule has 0 aromatic heterocycles. The molecule has 8 nitrogen and oxygen atoms in total. The number of ether oxygens (including phenoxy) is 4. The fraction of sp³-hybridized carbons (Fsp3) is 0.563. The molecule has 82 heavy (non-hydrogen) atoms. The van der Waals surface area contributed by atoms with E-state index in [9.17, 15) is 4.79 Å². The fourth-order valence-corrected chi connectivity index (χ4v) is 14.3. The van der Waals surface area contributed by atoms with Crippen LogP contribution in [0.15, 0.2) is 152 Å². The summed E-state index contributed by atoms with van der Waals surface area (Å²) in [6.07, 6.45) is 14.3. The Hall–Kier alpha value is -4.02. The molecule has 1 heterocycles. The SMILES string of the molecule is COc1ccc(C2OC[C@H](C)[C@@H]([C@@H](C)C(=O)C=CCC[C@H](C)[C@@H](O[Si](C)(C)C(C)(C)C)[C@@H](C)C=C[C@H](C[C@H](O[Si](C)(C)C(C)(C)C)[C@H](C)C=CCOC(c3ccccc3)(c3ccccc3)c3ccccc3)O[Si](C)(C)C(C)(C)C)O2)cc1. The first-order valence-electron chi connectivity index (χ1n) is 30.5. The van der Waals surface area contributed by atoms with Crippen LogP contribution in [0.4, 0.5) is 0 Å². The van der Waals surface area contributed by atoms with Crippen molar-refractivity contribution >= 4 is 30.7 Å². The van der Waals surface area contributed by atoms with Gasteiger partial charge >= 0.3 is 0 Å². The third kappa shape index (κ3) is 18.3. The monoisotopic (exact) mass is 1170 g/mol. The van der Waals surface area contributed by atoms with Gasteiger partial charge in [0.05, 0.1) is 44.7 Å². The molecular formula is C71H108O8Si3. The largest absolute Gasteiger partial charge is 0.497 e. The first-order valence-corrected chi connectivity index (χ1v) is 39.3. The van der Waals surface area contributed by atoms with E-state index in [1.54, 1.807) is 13.2 Å². The number of ketones is 1. The molecule has 1 saturated heterocycles. The van der Waals surface area contributed by atoms with Crippen LogP contribution in [0.5, 0.6) is 5.75 Å². The maximum Gasteiger partial charge on any atom is 0.192 e. The lowest BCUT2D eigenvalue weighted by atomic mass is 9.80. The number of benzene rings is 4.